The highest BCUT2D eigenvalue weighted by atomic mass is 16.5. The number of rotatable bonds is 4. The number of hydrogen-bond acceptors (Lipinski definition) is 8. The second kappa shape index (κ2) is 8.31. The Hall–Kier alpha value is -3.18. The highest BCUT2D eigenvalue weighted by Crippen LogP contribution is 2.24. The maximum atomic E-state index is 11.5. The van der Waals surface area contributed by atoms with Crippen molar-refractivity contribution in [3.8, 4) is 5.88 Å². The molecule has 0 aromatic carbocycles. The van der Waals surface area contributed by atoms with E-state index in [9.17, 15) is 9.90 Å². The van der Waals surface area contributed by atoms with Crippen LogP contribution < -0.4 is 21.3 Å². The number of morpholine rings is 1. The Kier molecular flexibility index (Phi) is 5.14. The van der Waals surface area contributed by atoms with Crippen LogP contribution in [0.2, 0.25) is 0 Å². The lowest BCUT2D eigenvalue weighted by molar-refractivity contribution is 0.0115. The minimum atomic E-state index is -0.462. The molecule has 1 aliphatic carbocycles. The van der Waals surface area contributed by atoms with E-state index in [-0.39, 0.29) is 5.88 Å². The number of H-pyrrole nitrogens is 2. The van der Waals surface area contributed by atoms with Crippen molar-refractivity contribution in [1.29, 1.82) is 0 Å². The van der Waals surface area contributed by atoms with Crippen LogP contribution in [0.1, 0.15) is 31.4 Å². The Bertz CT molecular complexity index is 1320. The maximum absolute atomic E-state index is 11.5. The SMILES string of the molecule is O=c1[nH]c(O)c(/C=c2/cnn3c(=NC4CC4)cc(N4CCC(N5CCOCC5)CC4)nc23)[nH]1. The summed E-state index contributed by atoms with van der Waals surface area (Å²) in [6.07, 6.45) is 7.76. The van der Waals surface area contributed by atoms with Gasteiger partial charge in [-0.3, -0.25) is 14.9 Å². The largest absolute Gasteiger partial charge is 0.493 e. The van der Waals surface area contributed by atoms with Crippen LogP contribution in [0.15, 0.2) is 22.1 Å². The summed E-state index contributed by atoms with van der Waals surface area (Å²) in [5.74, 6) is 0.688. The van der Waals surface area contributed by atoms with Crippen molar-refractivity contribution < 1.29 is 9.84 Å². The first-order valence-electron chi connectivity index (χ1n) is 11.7. The van der Waals surface area contributed by atoms with Gasteiger partial charge in [-0.05, 0) is 31.8 Å². The molecule has 3 aromatic heterocycles. The molecule has 0 bridgehead atoms. The quantitative estimate of drug-likeness (QED) is 0.481. The van der Waals surface area contributed by atoms with Crippen LogP contribution in [0.5, 0.6) is 5.88 Å². The Morgan fingerprint density at radius 2 is 1.91 bits per heavy atom. The fourth-order valence-corrected chi connectivity index (χ4v) is 4.75. The van der Waals surface area contributed by atoms with Crippen LogP contribution in [0.4, 0.5) is 5.82 Å². The fourth-order valence-electron chi connectivity index (χ4n) is 4.75. The van der Waals surface area contributed by atoms with Gasteiger partial charge in [-0.15, -0.1) is 0 Å². The average molecular weight is 453 g/mol. The second-order valence-electron chi connectivity index (χ2n) is 9.02. The van der Waals surface area contributed by atoms with E-state index < -0.39 is 5.69 Å². The zero-order valence-electron chi connectivity index (χ0n) is 18.4. The van der Waals surface area contributed by atoms with Crippen LogP contribution in [-0.2, 0) is 4.74 Å². The Morgan fingerprint density at radius 1 is 1.12 bits per heavy atom. The molecule has 3 N–H and O–H groups in total. The normalized spacial score (nSPS) is 22.0. The minimum Gasteiger partial charge on any atom is -0.493 e. The van der Waals surface area contributed by atoms with Gasteiger partial charge in [0.1, 0.15) is 11.5 Å². The third kappa shape index (κ3) is 4.13. The van der Waals surface area contributed by atoms with Gasteiger partial charge in [-0.25, -0.2) is 9.78 Å². The number of nitrogens with zero attached hydrogens (tertiary/aromatic N) is 6. The molecule has 0 amide bonds. The van der Waals surface area contributed by atoms with Gasteiger partial charge in [0.25, 0.3) is 0 Å². The van der Waals surface area contributed by atoms with E-state index in [2.05, 4.69) is 24.9 Å². The first kappa shape index (κ1) is 20.4. The lowest BCUT2D eigenvalue weighted by atomic mass is 10.0. The molecular weight excluding hydrogens is 424 g/mol. The maximum Gasteiger partial charge on any atom is 0.326 e. The number of imidazole rings is 1. The molecule has 33 heavy (non-hydrogen) atoms. The Balaban J connectivity index is 1.35. The topological polar surface area (TPSA) is 127 Å². The standard InChI is InChI=1S/C22H28N8O3/c31-21-17(25-22(32)27-21)11-14-13-23-30-19(24-15-1-2-15)12-18(26-20(14)30)29-5-3-16(4-6-29)28-7-9-33-10-8-28/h11-13,15-16,31H,1-10H2,(H2,25,27,32)/b14-11-,24-19?. The van der Waals surface area contributed by atoms with Gasteiger partial charge in [-0.2, -0.15) is 9.61 Å². The highest BCUT2D eigenvalue weighted by molar-refractivity contribution is 5.58. The van der Waals surface area contributed by atoms with Gasteiger partial charge in [0, 0.05) is 43.5 Å². The zero-order chi connectivity index (χ0) is 22.4. The Morgan fingerprint density at radius 3 is 2.61 bits per heavy atom. The summed E-state index contributed by atoms with van der Waals surface area (Å²) in [7, 11) is 0. The monoisotopic (exact) mass is 452 g/mol. The van der Waals surface area contributed by atoms with Crippen molar-refractivity contribution >= 4 is 17.5 Å². The number of anilines is 1. The molecule has 11 heteroatoms. The molecule has 11 nitrogen and oxygen atoms in total. The van der Waals surface area contributed by atoms with Gasteiger partial charge in [0.05, 0.1) is 25.5 Å². The van der Waals surface area contributed by atoms with E-state index in [1.807, 2.05) is 6.07 Å². The van der Waals surface area contributed by atoms with Crippen molar-refractivity contribution in [1.82, 2.24) is 29.5 Å². The summed E-state index contributed by atoms with van der Waals surface area (Å²) in [5, 5.41) is 15.2. The lowest BCUT2D eigenvalue weighted by Crippen LogP contribution is -2.49. The number of fused-ring (bicyclic) bond motifs is 1. The third-order valence-electron chi connectivity index (χ3n) is 6.71. The molecule has 1 saturated carbocycles. The zero-order valence-corrected chi connectivity index (χ0v) is 18.4. The summed E-state index contributed by atoms with van der Waals surface area (Å²) in [4.78, 5) is 31.1. The van der Waals surface area contributed by atoms with E-state index in [1.54, 1.807) is 16.8 Å². The van der Waals surface area contributed by atoms with Crippen LogP contribution in [0, 0.1) is 0 Å². The van der Waals surface area contributed by atoms with Crippen LogP contribution in [0.25, 0.3) is 11.7 Å². The van der Waals surface area contributed by atoms with Crippen molar-refractivity contribution in [3.05, 3.63) is 39.1 Å². The molecule has 6 rings (SSSR count). The molecule has 3 aromatic rings. The highest BCUT2D eigenvalue weighted by Gasteiger charge is 2.27. The fraction of sp³-hybridized carbons (Fsp3) is 0.545. The predicted octanol–water partition coefficient (Wildman–Crippen LogP) is -0.637. The van der Waals surface area contributed by atoms with Crippen molar-refractivity contribution in [2.75, 3.05) is 44.3 Å². The molecule has 5 heterocycles. The second-order valence-corrected chi connectivity index (χ2v) is 9.02. The summed E-state index contributed by atoms with van der Waals surface area (Å²) >= 11 is 0. The van der Waals surface area contributed by atoms with E-state index in [0.29, 0.717) is 28.6 Å². The molecule has 0 atom stereocenters. The van der Waals surface area contributed by atoms with Gasteiger partial charge in [0.2, 0.25) is 5.88 Å². The average Bonchev–Trinajstić information content (AvgIpc) is 3.47. The molecule has 174 valence electrons. The van der Waals surface area contributed by atoms with Gasteiger partial charge in [-0.1, -0.05) is 0 Å². The number of aromatic nitrogens is 5. The molecule has 3 aliphatic rings. The summed E-state index contributed by atoms with van der Waals surface area (Å²) < 4.78 is 7.25. The van der Waals surface area contributed by atoms with Gasteiger partial charge >= 0.3 is 5.69 Å². The molecule has 2 aliphatic heterocycles. The number of aromatic amines is 2. The molecule has 2 saturated heterocycles. The lowest BCUT2D eigenvalue weighted by Gasteiger charge is -2.40. The molecule has 0 radical (unpaired) electrons. The first-order valence-corrected chi connectivity index (χ1v) is 11.7. The van der Waals surface area contributed by atoms with Gasteiger partial charge in [0.15, 0.2) is 11.1 Å². The molecule has 0 spiro atoms. The smallest absolute Gasteiger partial charge is 0.326 e. The molecule has 3 fully saturated rings. The van der Waals surface area contributed by atoms with E-state index in [1.165, 1.54) is 0 Å². The van der Waals surface area contributed by atoms with Crippen molar-refractivity contribution in [2.24, 2.45) is 4.99 Å². The van der Waals surface area contributed by atoms with Crippen LogP contribution >= 0.6 is 0 Å². The van der Waals surface area contributed by atoms with Crippen LogP contribution in [-0.4, -0.2) is 86.0 Å². The number of nitrogens with one attached hydrogen (secondary N) is 2. The minimum absolute atomic E-state index is 0.205. The molecular formula is C22H28N8O3. The van der Waals surface area contributed by atoms with E-state index in [0.717, 1.165) is 76.4 Å². The third-order valence-corrected chi connectivity index (χ3v) is 6.71. The summed E-state index contributed by atoms with van der Waals surface area (Å²) in [5.41, 5.74) is 1.29. The number of hydrogen-bond donors (Lipinski definition) is 3. The molecule has 0 unspecified atom stereocenters. The van der Waals surface area contributed by atoms with Gasteiger partial charge < -0.3 is 19.7 Å². The first-order chi connectivity index (χ1) is 16.1. The predicted molar refractivity (Wildman–Crippen MR) is 121 cm³/mol. The van der Waals surface area contributed by atoms with Crippen molar-refractivity contribution in [2.45, 2.75) is 37.8 Å². The summed E-state index contributed by atoms with van der Waals surface area (Å²) in [6, 6.07) is 2.97. The summed E-state index contributed by atoms with van der Waals surface area (Å²) in [6.45, 7) is 5.56. The van der Waals surface area contributed by atoms with Crippen LogP contribution in [0.3, 0.4) is 0 Å². The number of aromatic hydroxyl groups is 1. The van der Waals surface area contributed by atoms with Crippen molar-refractivity contribution in [3.63, 3.8) is 0 Å². The number of piperidine rings is 1. The number of ether oxygens (including phenoxy) is 1. The Labute approximate surface area is 189 Å². The van der Waals surface area contributed by atoms with E-state index >= 15 is 0 Å². The van der Waals surface area contributed by atoms with E-state index in [4.69, 9.17) is 14.7 Å².